The first kappa shape index (κ1) is 14.5. The van der Waals surface area contributed by atoms with Gasteiger partial charge in [0, 0.05) is 22.6 Å². The number of fused-ring (bicyclic) bond motifs is 1. The summed E-state index contributed by atoms with van der Waals surface area (Å²) in [6.07, 6.45) is 1.48. The van der Waals surface area contributed by atoms with E-state index >= 15 is 0 Å². The van der Waals surface area contributed by atoms with Crippen molar-refractivity contribution in [3.05, 3.63) is 29.5 Å². The van der Waals surface area contributed by atoms with Gasteiger partial charge in [-0.25, -0.2) is 4.79 Å². The molecular formula is C17H18N2O3. The van der Waals surface area contributed by atoms with Crippen LogP contribution in [-0.2, 0) is 4.74 Å². The zero-order chi connectivity index (χ0) is 15.9. The van der Waals surface area contributed by atoms with Gasteiger partial charge in [0.25, 0.3) is 0 Å². The van der Waals surface area contributed by atoms with Crippen LogP contribution in [0.2, 0.25) is 0 Å². The number of ether oxygens (including phenoxy) is 2. The normalized spacial score (nSPS) is 15.4. The Balaban J connectivity index is 2.17. The molecule has 1 heterocycles. The van der Waals surface area contributed by atoms with Crippen LogP contribution in [0.5, 0.6) is 5.75 Å². The van der Waals surface area contributed by atoms with Gasteiger partial charge in [0.15, 0.2) is 6.10 Å². The van der Waals surface area contributed by atoms with Crippen molar-refractivity contribution >= 4 is 16.9 Å². The number of nitrogens with zero attached hydrogens (tertiary/aromatic N) is 2. The van der Waals surface area contributed by atoms with Crippen molar-refractivity contribution < 1.29 is 14.3 Å². The SMILES string of the molecule is COc1ccc2c(c1)c(C(=O)OC(C)C#N)c(C)n2C1CC1. The molecule has 0 saturated heterocycles. The summed E-state index contributed by atoms with van der Waals surface area (Å²) in [6, 6.07) is 8.10. The maximum absolute atomic E-state index is 12.5. The van der Waals surface area contributed by atoms with E-state index in [1.54, 1.807) is 14.0 Å². The third-order valence-corrected chi connectivity index (χ3v) is 4.04. The largest absolute Gasteiger partial charge is 0.497 e. The fraction of sp³-hybridized carbons (Fsp3) is 0.412. The molecule has 0 radical (unpaired) electrons. The zero-order valence-electron chi connectivity index (χ0n) is 12.9. The van der Waals surface area contributed by atoms with Crippen molar-refractivity contribution in [1.82, 2.24) is 4.57 Å². The lowest BCUT2D eigenvalue weighted by Crippen LogP contribution is -2.14. The molecule has 1 aromatic heterocycles. The second kappa shape index (κ2) is 5.38. The number of hydrogen-bond acceptors (Lipinski definition) is 4. The van der Waals surface area contributed by atoms with Crippen LogP contribution in [0.4, 0.5) is 0 Å². The number of hydrogen-bond donors (Lipinski definition) is 0. The minimum Gasteiger partial charge on any atom is -0.497 e. The number of rotatable bonds is 4. The van der Waals surface area contributed by atoms with Crippen molar-refractivity contribution in [1.29, 1.82) is 5.26 Å². The van der Waals surface area contributed by atoms with Crippen molar-refractivity contribution in [3.8, 4) is 11.8 Å². The van der Waals surface area contributed by atoms with Gasteiger partial charge < -0.3 is 14.0 Å². The highest BCUT2D eigenvalue weighted by atomic mass is 16.5. The van der Waals surface area contributed by atoms with Crippen LogP contribution in [0.25, 0.3) is 10.9 Å². The summed E-state index contributed by atoms with van der Waals surface area (Å²) in [6.45, 7) is 3.49. The van der Waals surface area contributed by atoms with E-state index in [1.807, 2.05) is 31.2 Å². The van der Waals surface area contributed by atoms with Gasteiger partial charge >= 0.3 is 5.97 Å². The zero-order valence-corrected chi connectivity index (χ0v) is 12.9. The summed E-state index contributed by atoms with van der Waals surface area (Å²) in [5.41, 5.74) is 2.43. The average molecular weight is 298 g/mol. The van der Waals surface area contributed by atoms with Crippen LogP contribution < -0.4 is 4.74 Å². The Morgan fingerprint density at radius 1 is 1.45 bits per heavy atom. The van der Waals surface area contributed by atoms with Crippen molar-refractivity contribution in [2.45, 2.75) is 38.8 Å². The first-order chi connectivity index (χ1) is 10.6. The van der Waals surface area contributed by atoms with Gasteiger partial charge in [0.1, 0.15) is 11.8 Å². The Morgan fingerprint density at radius 2 is 2.18 bits per heavy atom. The van der Waals surface area contributed by atoms with Gasteiger partial charge in [-0.2, -0.15) is 5.26 Å². The van der Waals surface area contributed by atoms with Gasteiger partial charge in [-0.3, -0.25) is 0 Å². The summed E-state index contributed by atoms with van der Waals surface area (Å²) in [5, 5.41) is 9.66. The summed E-state index contributed by atoms with van der Waals surface area (Å²) < 4.78 is 12.7. The minimum atomic E-state index is -0.767. The Hall–Kier alpha value is -2.48. The van der Waals surface area contributed by atoms with Crippen LogP contribution in [-0.4, -0.2) is 23.8 Å². The van der Waals surface area contributed by atoms with Crippen LogP contribution in [0.1, 0.15) is 41.9 Å². The van der Waals surface area contributed by atoms with Crippen LogP contribution in [0.3, 0.4) is 0 Å². The molecule has 1 unspecified atom stereocenters. The molecule has 1 aliphatic rings. The number of carbonyl (C=O) groups excluding carboxylic acids is 1. The molecule has 0 spiro atoms. The van der Waals surface area contributed by atoms with Crippen LogP contribution >= 0.6 is 0 Å². The highest BCUT2D eigenvalue weighted by Gasteiger charge is 2.31. The van der Waals surface area contributed by atoms with E-state index < -0.39 is 12.1 Å². The molecule has 1 fully saturated rings. The van der Waals surface area contributed by atoms with E-state index in [1.165, 1.54) is 0 Å². The Bertz CT molecular complexity index is 781. The molecule has 0 bridgehead atoms. The van der Waals surface area contributed by atoms with Gasteiger partial charge in [0.05, 0.1) is 12.7 Å². The summed E-state index contributed by atoms with van der Waals surface area (Å²) in [5.74, 6) is 0.243. The van der Waals surface area contributed by atoms with Gasteiger partial charge in [-0.05, 0) is 44.9 Å². The lowest BCUT2D eigenvalue weighted by molar-refractivity contribution is 0.0436. The molecular weight excluding hydrogens is 280 g/mol. The standard InChI is InChI=1S/C17H18N2O3/c1-10(9-18)22-17(20)16-11(2)19(12-4-5-12)15-7-6-13(21-3)8-14(15)16/h6-8,10,12H,4-5H2,1-3H3. The molecule has 3 rings (SSSR count). The Labute approximate surface area is 129 Å². The molecule has 0 aliphatic heterocycles. The van der Waals surface area contributed by atoms with Crippen molar-refractivity contribution in [3.63, 3.8) is 0 Å². The fourth-order valence-corrected chi connectivity index (χ4v) is 2.86. The molecule has 2 aromatic rings. The maximum Gasteiger partial charge on any atom is 0.341 e. The predicted octanol–water partition coefficient (Wildman–Crippen LogP) is 3.36. The summed E-state index contributed by atoms with van der Waals surface area (Å²) in [7, 11) is 1.60. The summed E-state index contributed by atoms with van der Waals surface area (Å²) >= 11 is 0. The highest BCUT2D eigenvalue weighted by molar-refractivity contribution is 6.06. The van der Waals surface area contributed by atoms with Crippen LogP contribution in [0, 0.1) is 18.3 Å². The second-order valence-corrected chi connectivity index (χ2v) is 5.62. The maximum atomic E-state index is 12.5. The molecule has 0 N–H and O–H groups in total. The van der Waals surface area contributed by atoms with Crippen LogP contribution in [0.15, 0.2) is 18.2 Å². The first-order valence-corrected chi connectivity index (χ1v) is 7.36. The fourth-order valence-electron chi connectivity index (χ4n) is 2.86. The number of benzene rings is 1. The average Bonchev–Trinajstić information content (AvgIpc) is 3.29. The minimum absolute atomic E-state index is 0.450. The number of esters is 1. The summed E-state index contributed by atoms with van der Waals surface area (Å²) in [4.78, 5) is 12.5. The third-order valence-electron chi connectivity index (χ3n) is 4.04. The van der Waals surface area contributed by atoms with Crippen molar-refractivity contribution in [2.75, 3.05) is 7.11 Å². The number of nitriles is 1. The van der Waals surface area contributed by atoms with E-state index in [2.05, 4.69) is 4.57 Å². The monoisotopic (exact) mass is 298 g/mol. The number of carbonyl (C=O) groups is 1. The molecule has 5 heteroatoms. The smallest absolute Gasteiger partial charge is 0.341 e. The molecule has 22 heavy (non-hydrogen) atoms. The molecule has 0 amide bonds. The van der Waals surface area contributed by atoms with E-state index in [9.17, 15) is 4.79 Å². The van der Waals surface area contributed by atoms with Gasteiger partial charge in [0.2, 0.25) is 0 Å². The van der Waals surface area contributed by atoms with E-state index in [0.717, 1.165) is 29.4 Å². The highest BCUT2D eigenvalue weighted by Crippen LogP contribution is 2.42. The molecule has 114 valence electrons. The molecule has 1 aromatic carbocycles. The third kappa shape index (κ3) is 2.31. The Morgan fingerprint density at radius 3 is 2.77 bits per heavy atom. The number of aromatic nitrogens is 1. The topological polar surface area (TPSA) is 64.2 Å². The second-order valence-electron chi connectivity index (χ2n) is 5.62. The predicted molar refractivity (Wildman–Crippen MR) is 82.0 cm³/mol. The Kier molecular flexibility index (Phi) is 3.53. The lowest BCUT2D eigenvalue weighted by atomic mass is 10.1. The lowest BCUT2D eigenvalue weighted by Gasteiger charge is -2.07. The number of methoxy groups -OCH3 is 1. The van der Waals surface area contributed by atoms with Crippen molar-refractivity contribution in [2.24, 2.45) is 0 Å². The van der Waals surface area contributed by atoms with Gasteiger partial charge in [-0.15, -0.1) is 0 Å². The molecule has 5 nitrogen and oxygen atoms in total. The molecule has 1 atom stereocenters. The van der Waals surface area contributed by atoms with Gasteiger partial charge in [-0.1, -0.05) is 0 Å². The molecule has 1 aliphatic carbocycles. The van der Waals surface area contributed by atoms with E-state index in [4.69, 9.17) is 14.7 Å². The molecule has 1 saturated carbocycles. The quantitative estimate of drug-likeness (QED) is 0.812. The first-order valence-electron chi connectivity index (χ1n) is 7.36. The van der Waals surface area contributed by atoms with E-state index in [-0.39, 0.29) is 0 Å². The van der Waals surface area contributed by atoms with E-state index in [0.29, 0.717) is 17.4 Å².